The topological polar surface area (TPSA) is 74.2 Å². The zero-order valence-electron chi connectivity index (χ0n) is 10.6. The molecule has 1 aromatic rings. The Balaban J connectivity index is 1.89. The highest BCUT2D eigenvalue weighted by Gasteiger charge is 2.25. The molecule has 0 amide bonds. The molecule has 1 aromatic heterocycles. The Morgan fingerprint density at radius 3 is 3.00 bits per heavy atom. The summed E-state index contributed by atoms with van der Waals surface area (Å²) in [6, 6.07) is 0. The number of nitrogens with two attached hydrogens (primary N) is 1. The zero-order chi connectivity index (χ0) is 12.3. The molecule has 5 heteroatoms. The Kier molecular flexibility index (Phi) is 3.79. The van der Waals surface area contributed by atoms with Gasteiger partial charge < -0.3 is 15.0 Å². The summed E-state index contributed by atoms with van der Waals surface area (Å²) in [6.45, 7) is 4.82. The van der Waals surface area contributed by atoms with E-state index in [1.165, 1.54) is 0 Å². The summed E-state index contributed by atoms with van der Waals surface area (Å²) < 4.78 is 10.8. The molecule has 17 heavy (non-hydrogen) atoms. The highest BCUT2D eigenvalue weighted by molar-refractivity contribution is 5.01. The van der Waals surface area contributed by atoms with Crippen LogP contribution in [0.25, 0.3) is 0 Å². The second-order valence-electron chi connectivity index (χ2n) is 4.96. The summed E-state index contributed by atoms with van der Waals surface area (Å²) in [5.74, 6) is 1.27. The van der Waals surface area contributed by atoms with Crippen molar-refractivity contribution in [1.29, 1.82) is 0 Å². The fourth-order valence-corrected chi connectivity index (χ4v) is 1.90. The van der Waals surface area contributed by atoms with Crippen molar-refractivity contribution in [3.8, 4) is 0 Å². The maximum atomic E-state index is 6.06. The van der Waals surface area contributed by atoms with E-state index >= 15 is 0 Å². The Morgan fingerprint density at radius 1 is 1.53 bits per heavy atom. The molecule has 96 valence electrons. The number of nitrogens with zero attached hydrogens (tertiary/aromatic N) is 2. The molecule has 0 spiro atoms. The van der Waals surface area contributed by atoms with Crippen LogP contribution in [0.3, 0.4) is 0 Å². The highest BCUT2D eigenvalue weighted by Crippen LogP contribution is 2.20. The van der Waals surface area contributed by atoms with E-state index in [0.717, 1.165) is 38.7 Å². The van der Waals surface area contributed by atoms with E-state index in [0.29, 0.717) is 17.8 Å². The van der Waals surface area contributed by atoms with Gasteiger partial charge in [0.05, 0.1) is 11.6 Å². The minimum atomic E-state index is -0.494. The third-order valence-corrected chi connectivity index (χ3v) is 3.42. The summed E-state index contributed by atoms with van der Waals surface area (Å²) in [5, 5.41) is 3.95. The first kappa shape index (κ1) is 12.5. The van der Waals surface area contributed by atoms with Crippen LogP contribution in [0.4, 0.5) is 0 Å². The van der Waals surface area contributed by atoms with Gasteiger partial charge in [0.1, 0.15) is 0 Å². The quantitative estimate of drug-likeness (QED) is 0.847. The van der Waals surface area contributed by atoms with Gasteiger partial charge in [-0.2, -0.15) is 4.98 Å². The number of hydrogen-bond donors (Lipinski definition) is 1. The lowest BCUT2D eigenvalue weighted by Crippen LogP contribution is -2.33. The van der Waals surface area contributed by atoms with E-state index in [2.05, 4.69) is 10.1 Å². The first-order valence-electron chi connectivity index (χ1n) is 6.35. The number of aryl methyl sites for hydroxylation is 1. The van der Waals surface area contributed by atoms with E-state index < -0.39 is 5.54 Å². The summed E-state index contributed by atoms with van der Waals surface area (Å²) in [6.07, 6.45) is 5.19. The summed E-state index contributed by atoms with van der Waals surface area (Å²) in [7, 11) is 0. The average molecular weight is 239 g/mol. The van der Waals surface area contributed by atoms with E-state index in [1.54, 1.807) is 0 Å². The molecule has 0 radical (unpaired) electrons. The fourth-order valence-electron chi connectivity index (χ4n) is 1.90. The second kappa shape index (κ2) is 5.14. The van der Waals surface area contributed by atoms with Crippen LogP contribution in [0.5, 0.6) is 0 Å². The van der Waals surface area contributed by atoms with Gasteiger partial charge in [-0.05, 0) is 32.6 Å². The van der Waals surface area contributed by atoms with Crippen molar-refractivity contribution in [3.63, 3.8) is 0 Å². The maximum Gasteiger partial charge on any atom is 0.226 e. The predicted octanol–water partition coefficient (Wildman–Crippen LogP) is 1.77. The first-order valence-corrected chi connectivity index (χ1v) is 6.35. The molecular formula is C12H21N3O2. The lowest BCUT2D eigenvalue weighted by molar-refractivity contribution is 0.102. The van der Waals surface area contributed by atoms with Crippen molar-refractivity contribution < 1.29 is 9.26 Å². The Labute approximate surface area is 102 Å². The zero-order valence-corrected chi connectivity index (χ0v) is 10.6. The molecule has 5 nitrogen and oxygen atoms in total. The largest absolute Gasteiger partial charge is 0.378 e. The molecule has 0 aliphatic carbocycles. The maximum absolute atomic E-state index is 6.06. The number of aromatic nitrogens is 2. The first-order chi connectivity index (χ1) is 8.12. The Morgan fingerprint density at radius 2 is 2.35 bits per heavy atom. The smallest absolute Gasteiger partial charge is 0.226 e. The van der Waals surface area contributed by atoms with Crippen LogP contribution in [0.2, 0.25) is 0 Å². The van der Waals surface area contributed by atoms with Gasteiger partial charge in [-0.25, -0.2) is 0 Å². The third kappa shape index (κ3) is 3.04. The van der Waals surface area contributed by atoms with E-state index in [-0.39, 0.29) is 0 Å². The molecule has 1 saturated heterocycles. The Bertz CT molecular complexity index is 356. The van der Waals surface area contributed by atoms with Crippen LogP contribution in [0.1, 0.15) is 51.2 Å². The van der Waals surface area contributed by atoms with Gasteiger partial charge >= 0.3 is 0 Å². The van der Waals surface area contributed by atoms with Gasteiger partial charge in [-0.15, -0.1) is 0 Å². The van der Waals surface area contributed by atoms with E-state index in [1.807, 2.05) is 13.8 Å². The molecule has 2 rings (SSSR count). The average Bonchev–Trinajstić information content (AvgIpc) is 2.97. The van der Waals surface area contributed by atoms with Crippen molar-refractivity contribution in [2.75, 3.05) is 6.61 Å². The highest BCUT2D eigenvalue weighted by atomic mass is 16.5. The summed E-state index contributed by atoms with van der Waals surface area (Å²) in [5.41, 5.74) is 5.56. The standard InChI is InChI=1S/C12H21N3O2/c1-3-12(2,13)11-14-10(17-15-11)7-6-9-5-4-8-16-9/h9H,3-8,13H2,1-2H3. The minimum absolute atomic E-state index is 0.362. The molecular weight excluding hydrogens is 218 g/mol. The lowest BCUT2D eigenvalue weighted by Gasteiger charge is -2.16. The van der Waals surface area contributed by atoms with Crippen molar-refractivity contribution in [1.82, 2.24) is 10.1 Å². The van der Waals surface area contributed by atoms with Crippen molar-refractivity contribution in [2.24, 2.45) is 5.73 Å². The fraction of sp³-hybridized carbons (Fsp3) is 0.833. The third-order valence-electron chi connectivity index (χ3n) is 3.42. The summed E-state index contributed by atoms with van der Waals surface area (Å²) in [4.78, 5) is 4.36. The molecule has 1 aliphatic rings. The second-order valence-corrected chi connectivity index (χ2v) is 4.96. The van der Waals surface area contributed by atoms with E-state index in [9.17, 15) is 0 Å². The molecule has 2 N–H and O–H groups in total. The van der Waals surface area contributed by atoms with Gasteiger partial charge in [0.15, 0.2) is 5.82 Å². The molecule has 2 unspecified atom stereocenters. The van der Waals surface area contributed by atoms with Crippen molar-refractivity contribution >= 4 is 0 Å². The van der Waals surface area contributed by atoms with Crippen molar-refractivity contribution in [2.45, 2.75) is 57.6 Å². The normalized spacial score (nSPS) is 23.8. The molecule has 2 atom stereocenters. The van der Waals surface area contributed by atoms with Crippen LogP contribution in [0.15, 0.2) is 4.52 Å². The monoisotopic (exact) mass is 239 g/mol. The predicted molar refractivity (Wildman–Crippen MR) is 63.4 cm³/mol. The van der Waals surface area contributed by atoms with Gasteiger partial charge in [-0.3, -0.25) is 0 Å². The lowest BCUT2D eigenvalue weighted by atomic mass is 10.0. The van der Waals surface area contributed by atoms with Gasteiger partial charge in [0.25, 0.3) is 0 Å². The van der Waals surface area contributed by atoms with Crippen molar-refractivity contribution in [3.05, 3.63) is 11.7 Å². The van der Waals surface area contributed by atoms with Crippen LogP contribution < -0.4 is 5.73 Å². The number of rotatable bonds is 5. The molecule has 0 aromatic carbocycles. The van der Waals surface area contributed by atoms with E-state index in [4.69, 9.17) is 15.0 Å². The SMILES string of the molecule is CCC(C)(N)c1noc(CCC2CCCO2)n1. The van der Waals surface area contributed by atoms with Crippen LogP contribution >= 0.6 is 0 Å². The molecule has 2 heterocycles. The Hall–Kier alpha value is -0.940. The molecule has 1 fully saturated rings. The van der Waals surface area contributed by atoms with Gasteiger partial charge in [-0.1, -0.05) is 12.1 Å². The number of hydrogen-bond acceptors (Lipinski definition) is 5. The summed E-state index contributed by atoms with van der Waals surface area (Å²) >= 11 is 0. The van der Waals surface area contributed by atoms with Gasteiger partial charge in [0, 0.05) is 13.0 Å². The van der Waals surface area contributed by atoms with Gasteiger partial charge in [0.2, 0.25) is 5.89 Å². The minimum Gasteiger partial charge on any atom is -0.378 e. The molecule has 0 saturated carbocycles. The van der Waals surface area contributed by atoms with Crippen LogP contribution in [-0.4, -0.2) is 22.9 Å². The van der Waals surface area contributed by atoms with Crippen LogP contribution in [-0.2, 0) is 16.7 Å². The molecule has 0 bridgehead atoms. The van der Waals surface area contributed by atoms with Crippen LogP contribution in [0, 0.1) is 0 Å². The molecule has 1 aliphatic heterocycles. The number of ether oxygens (including phenoxy) is 1.